The van der Waals surface area contributed by atoms with E-state index in [-0.39, 0.29) is 11.3 Å². The van der Waals surface area contributed by atoms with Gasteiger partial charge in [-0.3, -0.25) is 15.6 Å². The summed E-state index contributed by atoms with van der Waals surface area (Å²) >= 11 is 5.72. The number of phenolic OH excluding ortho intramolecular Hbond substituents is 1. The van der Waals surface area contributed by atoms with Crippen LogP contribution in [0.15, 0.2) is 66.9 Å². The number of rotatable bonds is 5. The lowest BCUT2D eigenvalue weighted by molar-refractivity contribution is 0.0937. The number of aromatic hydroxyl groups is 1. The summed E-state index contributed by atoms with van der Waals surface area (Å²) < 4.78 is 0. The highest BCUT2D eigenvalue weighted by molar-refractivity contribution is 6.30. The molecule has 2 aromatic carbocycles. The van der Waals surface area contributed by atoms with Crippen LogP contribution in [0.4, 0.5) is 0 Å². The van der Waals surface area contributed by atoms with Crippen molar-refractivity contribution in [2.75, 3.05) is 0 Å². The first-order valence-corrected chi connectivity index (χ1v) is 6.91. The second kappa shape index (κ2) is 7.33. The molecule has 2 rings (SSSR count). The number of carbonyl (C=O) groups excluding carboxylic acids is 1. The molecule has 0 spiro atoms. The van der Waals surface area contributed by atoms with Crippen molar-refractivity contribution in [3.8, 4) is 5.75 Å². The Labute approximate surface area is 133 Å². The Bertz CT molecular complexity index is 712. The molecule has 1 amide bonds. The molecule has 2 aromatic rings. The van der Waals surface area contributed by atoms with Gasteiger partial charge in [-0.2, -0.15) is 0 Å². The van der Waals surface area contributed by atoms with E-state index in [9.17, 15) is 9.90 Å². The number of allylic oxidation sites excluding steroid dienone is 1. The molecule has 0 aliphatic carbocycles. The van der Waals surface area contributed by atoms with Gasteiger partial charge in [-0.15, -0.1) is 0 Å². The van der Waals surface area contributed by atoms with E-state index in [0.29, 0.717) is 10.7 Å². The predicted molar refractivity (Wildman–Crippen MR) is 88.3 cm³/mol. The van der Waals surface area contributed by atoms with E-state index >= 15 is 0 Å². The molecular weight excluding hydrogens is 300 g/mol. The highest BCUT2D eigenvalue weighted by atomic mass is 35.5. The van der Waals surface area contributed by atoms with Crippen molar-refractivity contribution >= 4 is 23.6 Å². The van der Waals surface area contributed by atoms with Crippen LogP contribution in [-0.2, 0) is 0 Å². The predicted octanol–water partition coefficient (Wildman–Crippen LogP) is 3.51. The summed E-state index contributed by atoms with van der Waals surface area (Å²) in [4.78, 5) is 11.9. The van der Waals surface area contributed by atoms with Crippen LogP contribution in [-0.4, -0.2) is 11.0 Å². The van der Waals surface area contributed by atoms with Crippen molar-refractivity contribution in [2.24, 2.45) is 0 Å². The number of benzene rings is 2. The lowest BCUT2D eigenvalue weighted by atomic mass is 10.2. The number of hydrogen-bond donors (Lipinski definition) is 3. The van der Waals surface area contributed by atoms with Crippen LogP contribution >= 0.6 is 11.6 Å². The first-order valence-electron chi connectivity index (χ1n) is 6.53. The zero-order valence-electron chi connectivity index (χ0n) is 11.7. The van der Waals surface area contributed by atoms with Crippen molar-refractivity contribution in [1.29, 1.82) is 0 Å². The van der Waals surface area contributed by atoms with Gasteiger partial charge in [0.05, 0.1) is 5.56 Å². The fraction of sp³-hybridized carbons (Fsp3) is 0. The summed E-state index contributed by atoms with van der Waals surface area (Å²) in [6.07, 6.45) is 3.60. The maximum absolute atomic E-state index is 11.9. The van der Waals surface area contributed by atoms with Gasteiger partial charge in [0, 0.05) is 10.7 Å². The molecular formula is C17H15ClN2O2. The van der Waals surface area contributed by atoms with Crippen LogP contribution in [0.3, 0.4) is 0 Å². The molecule has 112 valence electrons. The smallest absolute Gasteiger partial charge is 0.273 e. The van der Waals surface area contributed by atoms with Gasteiger partial charge in [-0.25, -0.2) is 0 Å². The second-order valence-electron chi connectivity index (χ2n) is 4.51. The topological polar surface area (TPSA) is 61.4 Å². The van der Waals surface area contributed by atoms with Crippen molar-refractivity contribution < 1.29 is 9.90 Å². The molecule has 0 radical (unpaired) electrons. The molecule has 0 aromatic heterocycles. The molecule has 0 saturated heterocycles. The average Bonchev–Trinajstić information content (AvgIpc) is 2.51. The Kier molecular flexibility index (Phi) is 5.22. The molecule has 0 atom stereocenters. The van der Waals surface area contributed by atoms with Crippen molar-refractivity contribution in [1.82, 2.24) is 10.9 Å². The molecule has 3 N–H and O–H groups in total. The van der Waals surface area contributed by atoms with Gasteiger partial charge >= 0.3 is 0 Å². The van der Waals surface area contributed by atoms with Crippen LogP contribution in [0.25, 0.3) is 6.08 Å². The van der Waals surface area contributed by atoms with Crippen molar-refractivity contribution in [3.63, 3.8) is 0 Å². The number of hydrogen-bond acceptors (Lipinski definition) is 3. The number of carbonyl (C=O) groups is 1. The summed E-state index contributed by atoms with van der Waals surface area (Å²) in [7, 11) is 0. The van der Waals surface area contributed by atoms with Gasteiger partial charge in [0.25, 0.3) is 5.91 Å². The van der Waals surface area contributed by atoms with Gasteiger partial charge in [-0.1, -0.05) is 54.6 Å². The monoisotopic (exact) mass is 314 g/mol. The maximum atomic E-state index is 11.9. The first-order chi connectivity index (χ1) is 10.6. The van der Waals surface area contributed by atoms with Crippen LogP contribution in [0, 0.1) is 0 Å². The van der Waals surface area contributed by atoms with Crippen molar-refractivity contribution in [2.45, 2.75) is 0 Å². The van der Waals surface area contributed by atoms with Crippen LogP contribution in [0.1, 0.15) is 15.9 Å². The Morgan fingerprint density at radius 1 is 1.14 bits per heavy atom. The molecule has 5 heteroatoms. The van der Waals surface area contributed by atoms with Crippen molar-refractivity contribution in [3.05, 3.63) is 83.0 Å². The minimum atomic E-state index is -0.483. The molecule has 0 aliphatic heterocycles. The largest absolute Gasteiger partial charge is 0.507 e. The number of amides is 1. The molecule has 22 heavy (non-hydrogen) atoms. The van der Waals surface area contributed by atoms with E-state index in [1.54, 1.807) is 6.08 Å². The number of hydrazine groups is 1. The molecule has 0 fully saturated rings. The van der Waals surface area contributed by atoms with Gasteiger partial charge < -0.3 is 5.11 Å². The van der Waals surface area contributed by atoms with Crippen LogP contribution in [0.2, 0.25) is 5.02 Å². The fourth-order valence-corrected chi connectivity index (χ4v) is 1.87. The van der Waals surface area contributed by atoms with Crippen LogP contribution in [0.5, 0.6) is 5.75 Å². The molecule has 0 bridgehead atoms. The van der Waals surface area contributed by atoms with Crippen LogP contribution < -0.4 is 10.9 Å². The summed E-state index contributed by atoms with van der Waals surface area (Å²) in [5.41, 5.74) is 6.77. The third kappa shape index (κ3) is 4.40. The highest BCUT2D eigenvalue weighted by Gasteiger charge is 2.10. The molecule has 0 aliphatic rings. The molecule has 4 nitrogen and oxygen atoms in total. The summed E-state index contributed by atoms with van der Waals surface area (Å²) in [5, 5.41) is 10.0. The van der Waals surface area contributed by atoms with Gasteiger partial charge in [-0.05, 0) is 29.8 Å². The van der Waals surface area contributed by atoms with Gasteiger partial charge in [0.1, 0.15) is 5.75 Å². The third-order valence-electron chi connectivity index (χ3n) is 2.82. The Morgan fingerprint density at radius 3 is 2.55 bits per heavy atom. The van der Waals surface area contributed by atoms with Gasteiger partial charge in [0.2, 0.25) is 0 Å². The molecule has 0 heterocycles. The highest BCUT2D eigenvalue weighted by Crippen LogP contribution is 2.21. The first kappa shape index (κ1) is 15.7. The van der Waals surface area contributed by atoms with E-state index in [1.807, 2.05) is 36.4 Å². The lowest BCUT2D eigenvalue weighted by Gasteiger charge is -2.09. The normalized spacial score (nSPS) is 10.4. The Hall–Kier alpha value is -2.72. The standard InChI is InChI=1S/C17H15ClN2O2/c1-12(7-8-13-5-3-2-4-6-13)19-20-17(22)15-10-9-14(18)11-16(15)21/h2-11,19,21H,1H2,(H,20,22)/b8-7+. The quantitative estimate of drug-likeness (QED) is 0.584. The number of nitrogens with one attached hydrogen (secondary N) is 2. The second-order valence-corrected chi connectivity index (χ2v) is 4.95. The Morgan fingerprint density at radius 2 is 1.86 bits per heavy atom. The third-order valence-corrected chi connectivity index (χ3v) is 3.05. The van der Waals surface area contributed by atoms with Gasteiger partial charge in [0.15, 0.2) is 0 Å². The van der Waals surface area contributed by atoms with E-state index in [4.69, 9.17) is 11.6 Å². The molecule has 0 unspecified atom stereocenters. The minimum absolute atomic E-state index is 0.122. The summed E-state index contributed by atoms with van der Waals surface area (Å²) in [6.45, 7) is 3.78. The van der Waals surface area contributed by atoms with E-state index < -0.39 is 5.91 Å². The zero-order chi connectivity index (χ0) is 15.9. The SMILES string of the molecule is C=C(/C=C/c1ccccc1)NNC(=O)c1ccc(Cl)cc1O. The zero-order valence-corrected chi connectivity index (χ0v) is 12.5. The maximum Gasteiger partial charge on any atom is 0.273 e. The average molecular weight is 315 g/mol. The van der Waals surface area contributed by atoms with E-state index in [1.165, 1.54) is 18.2 Å². The molecule has 0 saturated carbocycles. The number of phenols is 1. The lowest BCUT2D eigenvalue weighted by Crippen LogP contribution is -2.36. The minimum Gasteiger partial charge on any atom is -0.507 e. The van der Waals surface area contributed by atoms with E-state index in [2.05, 4.69) is 17.4 Å². The summed E-state index contributed by atoms with van der Waals surface area (Å²) in [6, 6.07) is 14.0. The summed E-state index contributed by atoms with van der Waals surface area (Å²) in [5.74, 6) is -0.666. The Balaban J connectivity index is 1.91. The van der Waals surface area contributed by atoms with E-state index in [0.717, 1.165) is 5.56 Å². The number of halogens is 1. The fourth-order valence-electron chi connectivity index (χ4n) is 1.70.